The molecule has 1 aromatic heterocycles. The molecule has 0 aliphatic carbocycles. The van der Waals surface area contributed by atoms with Crippen molar-refractivity contribution in [2.75, 3.05) is 11.4 Å². The molecule has 1 saturated heterocycles. The summed E-state index contributed by atoms with van der Waals surface area (Å²) in [6, 6.07) is 6.04. The predicted octanol–water partition coefficient (Wildman–Crippen LogP) is 0.935. The van der Waals surface area contributed by atoms with E-state index in [-0.39, 0.29) is 0 Å². The van der Waals surface area contributed by atoms with Crippen molar-refractivity contribution < 1.29 is 9.90 Å². The molecule has 1 atom stereocenters. The topological polar surface area (TPSA) is 53.4 Å². The first-order valence-electron chi connectivity index (χ1n) is 4.61. The van der Waals surface area contributed by atoms with Gasteiger partial charge >= 0.3 is 5.97 Å². The van der Waals surface area contributed by atoms with Gasteiger partial charge in [0, 0.05) is 18.8 Å². The Balaban J connectivity index is 2.22. The molecular formula is C10H11N2O2. The van der Waals surface area contributed by atoms with Crippen LogP contribution in [0.3, 0.4) is 0 Å². The smallest absolute Gasteiger partial charge is 0.326 e. The number of pyridine rings is 1. The van der Waals surface area contributed by atoms with Gasteiger partial charge in [0.05, 0.1) is 0 Å². The number of nitrogens with zero attached hydrogens (tertiary/aromatic N) is 2. The van der Waals surface area contributed by atoms with Crippen molar-refractivity contribution in [3.8, 4) is 0 Å². The van der Waals surface area contributed by atoms with E-state index < -0.39 is 12.0 Å². The average molecular weight is 191 g/mol. The van der Waals surface area contributed by atoms with Crippen LogP contribution in [0.1, 0.15) is 12.8 Å². The molecule has 2 heterocycles. The minimum Gasteiger partial charge on any atom is -0.480 e. The van der Waals surface area contributed by atoms with E-state index in [0.717, 1.165) is 13.0 Å². The van der Waals surface area contributed by atoms with Crippen LogP contribution in [0.15, 0.2) is 18.3 Å². The van der Waals surface area contributed by atoms with Gasteiger partial charge < -0.3 is 10.0 Å². The zero-order valence-electron chi connectivity index (χ0n) is 7.68. The van der Waals surface area contributed by atoms with Crippen LogP contribution in [0.2, 0.25) is 0 Å². The predicted molar refractivity (Wildman–Crippen MR) is 51.1 cm³/mol. The molecule has 1 unspecified atom stereocenters. The molecule has 0 saturated carbocycles. The summed E-state index contributed by atoms with van der Waals surface area (Å²) in [5.41, 5.74) is 0. The van der Waals surface area contributed by atoms with E-state index in [9.17, 15) is 4.79 Å². The third kappa shape index (κ3) is 1.55. The van der Waals surface area contributed by atoms with Crippen molar-refractivity contribution in [1.29, 1.82) is 0 Å². The van der Waals surface area contributed by atoms with Gasteiger partial charge in [-0.2, -0.15) is 0 Å². The minimum atomic E-state index is -0.776. The molecule has 14 heavy (non-hydrogen) atoms. The fraction of sp³-hybridized carbons (Fsp3) is 0.400. The maximum Gasteiger partial charge on any atom is 0.326 e. The molecule has 4 nitrogen and oxygen atoms in total. The average Bonchev–Trinajstić information content (AvgIpc) is 2.67. The highest BCUT2D eigenvalue weighted by Gasteiger charge is 2.31. The first-order valence-corrected chi connectivity index (χ1v) is 4.61. The monoisotopic (exact) mass is 191 g/mol. The maximum absolute atomic E-state index is 10.9. The highest BCUT2D eigenvalue weighted by Crippen LogP contribution is 2.22. The first kappa shape index (κ1) is 8.99. The Morgan fingerprint density at radius 1 is 1.71 bits per heavy atom. The Morgan fingerprint density at radius 3 is 3.21 bits per heavy atom. The number of rotatable bonds is 2. The fourth-order valence-corrected chi connectivity index (χ4v) is 1.75. The molecule has 0 amide bonds. The molecule has 4 heteroatoms. The Hall–Kier alpha value is -1.58. The molecule has 1 aliphatic heterocycles. The standard InChI is InChI=1S/C10H11N2O2/c13-10(14)8-4-3-7-12(8)9-5-1-2-6-11-9/h1-2,6,8H,3-4,7H2,(H,13,14). The van der Waals surface area contributed by atoms with E-state index in [0.29, 0.717) is 12.2 Å². The number of hydrogen-bond donors (Lipinski definition) is 1. The molecule has 2 rings (SSSR count). The summed E-state index contributed by atoms with van der Waals surface area (Å²) in [5, 5.41) is 8.96. The molecule has 1 N–H and O–H groups in total. The second-order valence-corrected chi connectivity index (χ2v) is 3.29. The fourth-order valence-electron chi connectivity index (χ4n) is 1.75. The van der Waals surface area contributed by atoms with Crippen molar-refractivity contribution in [2.45, 2.75) is 18.9 Å². The van der Waals surface area contributed by atoms with Crippen molar-refractivity contribution >= 4 is 11.8 Å². The third-order valence-corrected chi connectivity index (χ3v) is 2.40. The van der Waals surface area contributed by atoms with Gasteiger partial charge in [-0.15, -0.1) is 0 Å². The van der Waals surface area contributed by atoms with E-state index in [2.05, 4.69) is 11.1 Å². The molecule has 1 aromatic rings. The molecule has 1 radical (unpaired) electrons. The van der Waals surface area contributed by atoms with Crippen LogP contribution in [0.25, 0.3) is 0 Å². The zero-order chi connectivity index (χ0) is 9.97. The molecule has 0 spiro atoms. The number of anilines is 1. The highest BCUT2D eigenvalue weighted by molar-refractivity contribution is 5.78. The SMILES string of the molecule is O=C(O)C1CCCN1c1[c]cccn1. The molecule has 1 aliphatic rings. The van der Waals surface area contributed by atoms with Gasteiger partial charge in [0.2, 0.25) is 0 Å². The van der Waals surface area contributed by atoms with Crippen LogP contribution in [-0.2, 0) is 4.79 Å². The van der Waals surface area contributed by atoms with E-state index >= 15 is 0 Å². The summed E-state index contributed by atoms with van der Waals surface area (Å²) in [4.78, 5) is 16.8. The summed E-state index contributed by atoms with van der Waals surface area (Å²) in [5.74, 6) is -0.140. The van der Waals surface area contributed by atoms with E-state index in [4.69, 9.17) is 5.11 Å². The van der Waals surface area contributed by atoms with Gasteiger partial charge in [-0.1, -0.05) is 0 Å². The second-order valence-electron chi connectivity index (χ2n) is 3.29. The lowest BCUT2D eigenvalue weighted by molar-refractivity contribution is -0.138. The van der Waals surface area contributed by atoms with Gasteiger partial charge in [0.25, 0.3) is 0 Å². The van der Waals surface area contributed by atoms with Crippen LogP contribution in [0, 0.1) is 6.07 Å². The largest absolute Gasteiger partial charge is 0.480 e. The van der Waals surface area contributed by atoms with Crippen molar-refractivity contribution in [3.63, 3.8) is 0 Å². The maximum atomic E-state index is 10.9. The zero-order valence-corrected chi connectivity index (χ0v) is 7.68. The lowest BCUT2D eigenvalue weighted by atomic mass is 10.2. The Labute approximate surface area is 82.2 Å². The quantitative estimate of drug-likeness (QED) is 0.755. The van der Waals surface area contributed by atoms with Crippen molar-refractivity contribution in [2.24, 2.45) is 0 Å². The normalized spacial score (nSPS) is 21.1. The summed E-state index contributed by atoms with van der Waals surface area (Å²) >= 11 is 0. The Bertz CT molecular complexity index is 326. The van der Waals surface area contributed by atoms with Crippen molar-refractivity contribution in [3.05, 3.63) is 24.4 Å². The molecule has 73 valence electrons. The third-order valence-electron chi connectivity index (χ3n) is 2.40. The Kier molecular flexibility index (Phi) is 2.35. The lowest BCUT2D eigenvalue weighted by Crippen LogP contribution is -2.36. The summed E-state index contributed by atoms with van der Waals surface area (Å²) in [7, 11) is 0. The van der Waals surface area contributed by atoms with Gasteiger partial charge in [-0.25, -0.2) is 9.78 Å². The lowest BCUT2D eigenvalue weighted by Gasteiger charge is -2.21. The van der Waals surface area contributed by atoms with Crippen molar-refractivity contribution in [1.82, 2.24) is 4.98 Å². The van der Waals surface area contributed by atoms with Gasteiger partial charge in [-0.3, -0.25) is 0 Å². The van der Waals surface area contributed by atoms with Crippen LogP contribution in [0.4, 0.5) is 5.82 Å². The van der Waals surface area contributed by atoms with Crippen LogP contribution in [-0.4, -0.2) is 28.6 Å². The summed E-state index contributed by atoms with van der Waals surface area (Å²) in [6.07, 6.45) is 3.25. The summed E-state index contributed by atoms with van der Waals surface area (Å²) in [6.45, 7) is 0.754. The van der Waals surface area contributed by atoms with Gasteiger partial charge in [0.15, 0.2) is 0 Å². The van der Waals surface area contributed by atoms with E-state index in [1.807, 2.05) is 0 Å². The number of aromatic nitrogens is 1. The molecule has 1 fully saturated rings. The molecule has 0 bridgehead atoms. The number of carboxylic acid groups (broad SMARTS) is 1. The van der Waals surface area contributed by atoms with E-state index in [1.165, 1.54) is 0 Å². The minimum absolute atomic E-state index is 0.429. The highest BCUT2D eigenvalue weighted by atomic mass is 16.4. The number of carboxylic acids is 1. The Morgan fingerprint density at radius 2 is 2.57 bits per heavy atom. The first-order chi connectivity index (χ1) is 6.79. The van der Waals surface area contributed by atoms with E-state index in [1.54, 1.807) is 23.2 Å². The van der Waals surface area contributed by atoms with Gasteiger partial charge in [-0.05, 0) is 25.0 Å². The van der Waals surface area contributed by atoms with Crippen LogP contribution in [0.5, 0.6) is 0 Å². The number of carbonyl (C=O) groups is 1. The molecule has 0 aromatic carbocycles. The van der Waals surface area contributed by atoms with Crippen LogP contribution < -0.4 is 4.90 Å². The van der Waals surface area contributed by atoms with Gasteiger partial charge in [0.1, 0.15) is 11.9 Å². The van der Waals surface area contributed by atoms with Crippen LogP contribution >= 0.6 is 0 Å². The summed E-state index contributed by atoms with van der Waals surface area (Å²) < 4.78 is 0. The molecular weight excluding hydrogens is 180 g/mol. The number of aliphatic carboxylic acids is 1. The number of hydrogen-bond acceptors (Lipinski definition) is 3. The second kappa shape index (κ2) is 3.65.